The molecule has 1 fully saturated rings. The zero-order valence-electron chi connectivity index (χ0n) is 5.35. The Balaban J connectivity index is 2.24. The summed E-state index contributed by atoms with van der Waals surface area (Å²) in [7, 11) is 0. The number of rotatable bonds is 1. The summed E-state index contributed by atoms with van der Waals surface area (Å²) in [4.78, 5) is 0. The highest BCUT2D eigenvalue weighted by molar-refractivity contribution is 4.80. The van der Waals surface area contributed by atoms with E-state index in [1.54, 1.807) is 0 Å². The fourth-order valence-electron chi connectivity index (χ4n) is 1.16. The van der Waals surface area contributed by atoms with Crippen molar-refractivity contribution in [2.24, 2.45) is 5.73 Å². The lowest BCUT2D eigenvalue weighted by atomic mass is 10.1. The highest BCUT2D eigenvalue weighted by Gasteiger charge is 2.16. The summed E-state index contributed by atoms with van der Waals surface area (Å²) in [6.45, 7) is 3.22. The Kier molecular flexibility index (Phi) is 1.86. The third-order valence-electron chi connectivity index (χ3n) is 1.73. The first-order valence-electron chi connectivity index (χ1n) is 3.29. The van der Waals surface area contributed by atoms with Crippen molar-refractivity contribution in [1.82, 2.24) is 5.32 Å². The third-order valence-corrected chi connectivity index (χ3v) is 1.73. The summed E-state index contributed by atoms with van der Waals surface area (Å²) in [6.07, 6.45) is 2.56. The second kappa shape index (κ2) is 2.46. The van der Waals surface area contributed by atoms with Crippen LogP contribution in [-0.2, 0) is 0 Å². The molecule has 0 bridgehead atoms. The fourth-order valence-corrected chi connectivity index (χ4v) is 1.16. The van der Waals surface area contributed by atoms with E-state index in [0.29, 0.717) is 12.1 Å². The Labute approximate surface area is 50.4 Å². The van der Waals surface area contributed by atoms with Crippen LogP contribution in [0, 0.1) is 0 Å². The molecule has 1 heterocycles. The van der Waals surface area contributed by atoms with E-state index in [2.05, 4.69) is 12.2 Å². The lowest BCUT2D eigenvalue weighted by molar-refractivity contribution is 0.513. The minimum Gasteiger partial charge on any atom is -0.327 e. The van der Waals surface area contributed by atoms with Gasteiger partial charge in [0.2, 0.25) is 0 Å². The maximum atomic E-state index is 5.64. The average molecular weight is 114 g/mol. The first kappa shape index (κ1) is 6.05. The van der Waals surface area contributed by atoms with Crippen LogP contribution in [0.5, 0.6) is 0 Å². The predicted octanol–water partition coefficient (Wildman–Crippen LogP) is 0.0856. The van der Waals surface area contributed by atoms with Gasteiger partial charge < -0.3 is 11.1 Å². The van der Waals surface area contributed by atoms with Gasteiger partial charge in [-0.1, -0.05) is 0 Å². The molecule has 0 aliphatic carbocycles. The van der Waals surface area contributed by atoms with Crippen molar-refractivity contribution in [1.29, 1.82) is 0 Å². The summed E-state index contributed by atoms with van der Waals surface area (Å²) in [6, 6.07) is 0.924. The SMILES string of the molecule is C[C@@H](N)[C@@H]1CCCN1. The Morgan fingerprint density at radius 2 is 2.50 bits per heavy atom. The number of nitrogens with two attached hydrogens (primary N) is 1. The normalized spacial score (nSPS) is 33.0. The molecule has 0 aromatic rings. The topological polar surface area (TPSA) is 38.0 Å². The van der Waals surface area contributed by atoms with Crippen molar-refractivity contribution in [3.8, 4) is 0 Å². The standard InChI is InChI=1S/C6H14N2/c1-5(7)6-3-2-4-8-6/h5-6,8H,2-4,7H2,1H3/t5-,6+/m1/s1. The van der Waals surface area contributed by atoms with Crippen LogP contribution in [0.4, 0.5) is 0 Å². The molecular formula is C6H14N2. The second-order valence-electron chi connectivity index (χ2n) is 2.56. The minimum absolute atomic E-state index is 0.331. The van der Waals surface area contributed by atoms with Crippen LogP contribution in [0.15, 0.2) is 0 Å². The van der Waals surface area contributed by atoms with Gasteiger partial charge in [0.15, 0.2) is 0 Å². The van der Waals surface area contributed by atoms with Crippen molar-refractivity contribution >= 4 is 0 Å². The van der Waals surface area contributed by atoms with Crippen molar-refractivity contribution in [3.63, 3.8) is 0 Å². The first-order valence-corrected chi connectivity index (χ1v) is 3.29. The van der Waals surface area contributed by atoms with Gasteiger partial charge in [0.25, 0.3) is 0 Å². The van der Waals surface area contributed by atoms with Crippen LogP contribution in [0.1, 0.15) is 19.8 Å². The smallest absolute Gasteiger partial charge is 0.0216 e. The Morgan fingerprint density at radius 1 is 1.75 bits per heavy atom. The summed E-state index contributed by atoms with van der Waals surface area (Å²) >= 11 is 0. The Morgan fingerprint density at radius 3 is 2.75 bits per heavy atom. The summed E-state index contributed by atoms with van der Waals surface area (Å²) < 4.78 is 0. The van der Waals surface area contributed by atoms with Gasteiger partial charge in [-0.25, -0.2) is 0 Å². The van der Waals surface area contributed by atoms with Crippen LogP contribution in [0.25, 0.3) is 0 Å². The number of hydrogen-bond donors (Lipinski definition) is 2. The quantitative estimate of drug-likeness (QED) is 0.507. The van der Waals surface area contributed by atoms with Crippen molar-refractivity contribution in [2.45, 2.75) is 31.8 Å². The molecule has 48 valence electrons. The molecule has 1 rings (SSSR count). The molecule has 1 aliphatic heterocycles. The van der Waals surface area contributed by atoms with Crippen molar-refractivity contribution in [2.75, 3.05) is 6.54 Å². The Bertz CT molecular complexity index is 64.9. The monoisotopic (exact) mass is 114 g/mol. The molecule has 0 aromatic heterocycles. The van der Waals surface area contributed by atoms with Gasteiger partial charge in [0.1, 0.15) is 0 Å². The number of hydrogen-bond acceptors (Lipinski definition) is 2. The van der Waals surface area contributed by atoms with E-state index in [1.165, 1.54) is 12.8 Å². The molecule has 2 nitrogen and oxygen atoms in total. The molecule has 0 aromatic carbocycles. The Hall–Kier alpha value is -0.0800. The van der Waals surface area contributed by atoms with Crippen LogP contribution in [0.2, 0.25) is 0 Å². The molecule has 0 saturated carbocycles. The highest BCUT2D eigenvalue weighted by Crippen LogP contribution is 2.06. The zero-order valence-corrected chi connectivity index (χ0v) is 5.35. The van der Waals surface area contributed by atoms with Crippen molar-refractivity contribution in [3.05, 3.63) is 0 Å². The maximum Gasteiger partial charge on any atom is 0.0216 e. The molecule has 0 amide bonds. The summed E-state index contributed by atoms with van der Waals surface area (Å²) in [5.74, 6) is 0. The van der Waals surface area contributed by atoms with Gasteiger partial charge >= 0.3 is 0 Å². The van der Waals surface area contributed by atoms with Gasteiger partial charge in [0.05, 0.1) is 0 Å². The second-order valence-corrected chi connectivity index (χ2v) is 2.56. The lowest BCUT2D eigenvalue weighted by Gasteiger charge is -2.12. The highest BCUT2D eigenvalue weighted by atomic mass is 15.0. The van der Waals surface area contributed by atoms with E-state index in [1.807, 2.05) is 0 Å². The molecule has 2 atom stereocenters. The maximum absolute atomic E-state index is 5.64. The van der Waals surface area contributed by atoms with Crippen LogP contribution in [0.3, 0.4) is 0 Å². The van der Waals surface area contributed by atoms with E-state index in [-0.39, 0.29) is 0 Å². The van der Waals surface area contributed by atoms with E-state index in [4.69, 9.17) is 5.73 Å². The van der Waals surface area contributed by atoms with Gasteiger partial charge in [0, 0.05) is 12.1 Å². The average Bonchev–Trinajstić information content (AvgIpc) is 2.12. The summed E-state index contributed by atoms with van der Waals surface area (Å²) in [5.41, 5.74) is 5.64. The molecule has 1 aliphatic rings. The van der Waals surface area contributed by atoms with Crippen LogP contribution < -0.4 is 11.1 Å². The summed E-state index contributed by atoms with van der Waals surface area (Å²) in [5, 5.41) is 3.33. The molecular weight excluding hydrogens is 100 g/mol. The lowest BCUT2D eigenvalue weighted by Crippen LogP contribution is -2.38. The molecule has 0 spiro atoms. The van der Waals surface area contributed by atoms with Crippen LogP contribution >= 0.6 is 0 Å². The minimum atomic E-state index is 0.331. The van der Waals surface area contributed by atoms with Crippen LogP contribution in [-0.4, -0.2) is 18.6 Å². The van der Waals surface area contributed by atoms with Gasteiger partial charge in [-0.05, 0) is 26.3 Å². The van der Waals surface area contributed by atoms with E-state index in [0.717, 1.165) is 6.54 Å². The molecule has 2 heteroatoms. The first-order chi connectivity index (χ1) is 3.80. The van der Waals surface area contributed by atoms with Gasteiger partial charge in [-0.2, -0.15) is 0 Å². The predicted molar refractivity (Wildman–Crippen MR) is 34.7 cm³/mol. The van der Waals surface area contributed by atoms with E-state index in [9.17, 15) is 0 Å². The van der Waals surface area contributed by atoms with E-state index >= 15 is 0 Å². The molecule has 0 unspecified atom stereocenters. The molecule has 1 saturated heterocycles. The largest absolute Gasteiger partial charge is 0.327 e. The third kappa shape index (κ3) is 1.20. The zero-order chi connectivity index (χ0) is 5.98. The van der Waals surface area contributed by atoms with E-state index < -0.39 is 0 Å². The van der Waals surface area contributed by atoms with Crippen molar-refractivity contribution < 1.29 is 0 Å². The van der Waals surface area contributed by atoms with Gasteiger partial charge in [-0.3, -0.25) is 0 Å². The fraction of sp³-hybridized carbons (Fsp3) is 1.00. The molecule has 0 radical (unpaired) electrons. The molecule has 3 N–H and O–H groups in total. The molecule has 8 heavy (non-hydrogen) atoms. The van der Waals surface area contributed by atoms with Gasteiger partial charge in [-0.15, -0.1) is 0 Å². The number of nitrogens with one attached hydrogen (secondary N) is 1.